The quantitative estimate of drug-likeness (QED) is 0.792. The number of nitrogens with zero attached hydrogens (tertiary/aromatic N) is 1. The second-order valence-corrected chi connectivity index (χ2v) is 4.07. The second-order valence-electron chi connectivity index (χ2n) is 4.07. The average Bonchev–Trinajstić information content (AvgIpc) is 2.30. The van der Waals surface area contributed by atoms with Crippen LogP contribution in [0.15, 0.2) is 30.3 Å². The minimum absolute atomic E-state index is 1.07. The minimum Gasteiger partial charge on any atom is -0.388 e. The first-order valence-corrected chi connectivity index (χ1v) is 5.45. The molecule has 0 amide bonds. The summed E-state index contributed by atoms with van der Waals surface area (Å²) in [6, 6.07) is 8.66. The van der Waals surface area contributed by atoms with Gasteiger partial charge >= 0.3 is 0 Å². The van der Waals surface area contributed by atoms with Crippen molar-refractivity contribution in [3.05, 3.63) is 35.9 Å². The summed E-state index contributed by atoms with van der Waals surface area (Å²) in [5, 5.41) is 3.14. The van der Waals surface area contributed by atoms with E-state index in [9.17, 15) is 0 Å². The fourth-order valence-corrected chi connectivity index (χ4v) is 1.88. The number of likely N-dealkylation sites (N-methyl/N-ethyl adjacent to an activating group) is 1. The first kappa shape index (κ1) is 10.2. The van der Waals surface area contributed by atoms with Crippen LogP contribution in [0.1, 0.15) is 12.0 Å². The zero-order valence-electron chi connectivity index (χ0n) is 9.46. The van der Waals surface area contributed by atoms with Crippen LogP contribution in [0, 0.1) is 0 Å². The van der Waals surface area contributed by atoms with Crippen LogP contribution < -0.4 is 5.32 Å². The van der Waals surface area contributed by atoms with Gasteiger partial charge in [-0.2, -0.15) is 0 Å². The van der Waals surface area contributed by atoms with E-state index in [1.807, 2.05) is 7.05 Å². The van der Waals surface area contributed by atoms with Gasteiger partial charge in [-0.25, -0.2) is 0 Å². The standard InChI is InChI=1S/C13H18N2/c1-14-13-5-3-11(4-6-13)12-7-9-15(2)10-8-12/h3-7,14H,8-10H2,1-2H3. The second kappa shape index (κ2) is 4.49. The lowest BCUT2D eigenvalue weighted by atomic mass is 9.99. The van der Waals surface area contributed by atoms with Crippen LogP contribution in [0.4, 0.5) is 5.69 Å². The zero-order chi connectivity index (χ0) is 10.7. The fraction of sp³-hybridized carbons (Fsp3) is 0.385. The van der Waals surface area contributed by atoms with Crippen LogP contribution in [0.25, 0.3) is 5.57 Å². The maximum absolute atomic E-state index is 3.14. The Labute approximate surface area is 91.6 Å². The molecule has 0 aromatic heterocycles. The van der Waals surface area contributed by atoms with Crippen molar-refractivity contribution in [1.82, 2.24) is 4.90 Å². The van der Waals surface area contributed by atoms with Crippen molar-refractivity contribution in [2.24, 2.45) is 0 Å². The molecule has 0 unspecified atom stereocenters. The Balaban J connectivity index is 2.16. The molecule has 2 nitrogen and oxygen atoms in total. The number of anilines is 1. The van der Waals surface area contributed by atoms with E-state index in [1.54, 1.807) is 0 Å². The van der Waals surface area contributed by atoms with Crippen LogP contribution in [-0.4, -0.2) is 32.1 Å². The van der Waals surface area contributed by atoms with Gasteiger partial charge in [0.1, 0.15) is 0 Å². The number of hydrogen-bond donors (Lipinski definition) is 1. The van der Waals surface area contributed by atoms with Gasteiger partial charge in [0.05, 0.1) is 0 Å². The molecule has 2 rings (SSSR count). The van der Waals surface area contributed by atoms with Crippen molar-refractivity contribution in [3.8, 4) is 0 Å². The SMILES string of the molecule is CNc1ccc(C2=CCN(C)CC2)cc1. The normalized spacial score (nSPS) is 17.3. The Morgan fingerprint density at radius 1 is 1.20 bits per heavy atom. The van der Waals surface area contributed by atoms with E-state index in [2.05, 4.69) is 47.6 Å². The molecule has 0 aliphatic carbocycles. The number of nitrogens with one attached hydrogen (secondary N) is 1. The largest absolute Gasteiger partial charge is 0.388 e. The van der Waals surface area contributed by atoms with Gasteiger partial charge in [0.15, 0.2) is 0 Å². The fourth-order valence-electron chi connectivity index (χ4n) is 1.88. The Kier molecular flexibility index (Phi) is 3.07. The zero-order valence-corrected chi connectivity index (χ0v) is 9.46. The number of benzene rings is 1. The maximum atomic E-state index is 3.14. The predicted octanol–water partition coefficient (Wildman–Crippen LogP) is 2.45. The molecular formula is C13H18N2. The summed E-state index contributed by atoms with van der Waals surface area (Å²) in [5.74, 6) is 0. The predicted molar refractivity (Wildman–Crippen MR) is 66.1 cm³/mol. The molecule has 0 fully saturated rings. The van der Waals surface area contributed by atoms with Crippen molar-refractivity contribution in [2.75, 3.05) is 32.5 Å². The van der Waals surface area contributed by atoms with Crippen LogP contribution in [0.2, 0.25) is 0 Å². The van der Waals surface area contributed by atoms with Crippen LogP contribution >= 0.6 is 0 Å². The third-order valence-corrected chi connectivity index (χ3v) is 2.96. The highest BCUT2D eigenvalue weighted by molar-refractivity contribution is 5.68. The molecular weight excluding hydrogens is 184 g/mol. The van der Waals surface area contributed by atoms with E-state index in [1.165, 1.54) is 23.4 Å². The third kappa shape index (κ3) is 2.39. The van der Waals surface area contributed by atoms with Crippen LogP contribution in [0.5, 0.6) is 0 Å². The van der Waals surface area contributed by atoms with Crippen molar-refractivity contribution < 1.29 is 0 Å². The van der Waals surface area contributed by atoms with Crippen molar-refractivity contribution in [2.45, 2.75) is 6.42 Å². The summed E-state index contributed by atoms with van der Waals surface area (Å²) in [4.78, 5) is 2.34. The molecule has 0 spiro atoms. The summed E-state index contributed by atoms with van der Waals surface area (Å²) < 4.78 is 0. The van der Waals surface area contributed by atoms with Crippen LogP contribution in [0.3, 0.4) is 0 Å². The highest BCUT2D eigenvalue weighted by Gasteiger charge is 2.08. The molecule has 1 aromatic carbocycles. The molecule has 80 valence electrons. The molecule has 0 saturated carbocycles. The van der Waals surface area contributed by atoms with Gasteiger partial charge in [0.25, 0.3) is 0 Å². The van der Waals surface area contributed by atoms with Crippen molar-refractivity contribution >= 4 is 11.3 Å². The lowest BCUT2D eigenvalue weighted by Gasteiger charge is -2.22. The van der Waals surface area contributed by atoms with E-state index in [-0.39, 0.29) is 0 Å². The summed E-state index contributed by atoms with van der Waals surface area (Å²) in [6.45, 7) is 2.24. The average molecular weight is 202 g/mol. The monoisotopic (exact) mass is 202 g/mol. The molecule has 0 radical (unpaired) electrons. The lowest BCUT2D eigenvalue weighted by molar-refractivity contribution is 0.370. The first-order valence-electron chi connectivity index (χ1n) is 5.45. The van der Waals surface area contributed by atoms with Crippen molar-refractivity contribution in [1.29, 1.82) is 0 Å². The minimum atomic E-state index is 1.07. The van der Waals surface area contributed by atoms with Gasteiger partial charge in [-0.15, -0.1) is 0 Å². The highest BCUT2D eigenvalue weighted by atomic mass is 15.1. The number of rotatable bonds is 2. The first-order chi connectivity index (χ1) is 7.29. The molecule has 1 aromatic rings. The van der Waals surface area contributed by atoms with Gasteiger partial charge in [-0.05, 0) is 36.7 Å². The summed E-state index contributed by atoms with van der Waals surface area (Å²) in [7, 11) is 4.11. The molecule has 0 saturated heterocycles. The molecule has 1 heterocycles. The summed E-state index contributed by atoms with van der Waals surface area (Å²) in [6.07, 6.45) is 3.49. The van der Waals surface area contributed by atoms with Crippen LogP contribution in [-0.2, 0) is 0 Å². The van der Waals surface area contributed by atoms with E-state index in [0.29, 0.717) is 0 Å². The molecule has 1 N–H and O–H groups in total. The summed E-state index contributed by atoms with van der Waals surface area (Å²) in [5.41, 5.74) is 4.02. The van der Waals surface area contributed by atoms with E-state index in [0.717, 1.165) is 13.0 Å². The molecule has 15 heavy (non-hydrogen) atoms. The smallest absolute Gasteiger partial charge is 0.0337 e. The lowest BCUT2D eigenvalue weighted by Crippen LogP contribution is -2.23. The highest BCUT2D eigenvalue weighted by Crippen LogP contribution is 2.22. The molecule has 0 atom stereocenters. The van der Waals surface area contributed by atoms with E-state index < -0.39 is 0 Å². The molecule has 0 bridgehead atoms. The Bertz CT molecular complexity index is 351. The maximum Gasteiger partial charge on any atom is 0.0337 e. The van der Waals surface area contributed by atoms with E-state index >= 15 is 0 Å². The Morgan fingerprint density at radius 2 is 1.93 bits per heavy atom. The van der Waals surface area contributed by atoms with Gasteiger partial charge in [0.2, 0.25) is 0 Å². The van der Waals surface area contributed by atoms with Crippen molar-refractivity contribution in [3.63, 3.8) is 0 Å². The van der Waals surface area contributed by atoms with E-state index in [4.69, 9.17) is 0 Å². The van der Waals surface area contributed by atoms with Gasteiger partial charge < -0.3 is 10.2 Å². The molecule has 1 aliphatic heterocycles. The third-order valence-electron chi connectivity index (χ3n) is 2.96. The molecule has 1 aliphatic rings. The molecule has 2 heteroatoms. The van der Waals surface area contributed by atoms with Gasteiger partial charge in [0, 0.05) is 25.8 Å². The summed E-state index contributed by atoms with van der Waals surface area (Å²) >= 11 is 0. The topological polar surface area (TPSA) is 15.3 Å². The Hall–Kier alpha value is -1.28. The van der Waals surface area contributed by atoms with Gasteiger partial charge in [-0.3, -0.25) is 0 Å². The number of hydrogen-bond acceptors (Lipinski definition) is 2. The Morgan fingerprint density at radius 3 is 2.47 bits per heavy atom. The van der Waals surface area contributed by atoms with Gasteiger partial charge in [-0.1, -0.05) is 18.2 Å².